The fourth-order valence-corrected chi connectivity index (χ4v) is 3.38. The van der Waals surface area contributed by atoms with E-state index in [9.17, 15) is 9.59 Å². The van der Waals surface area contributed by atoms with E-state index < -0.39 is 11.8 Å². The van der Waals surface area contributed by atoms with Crippen molar-refractivity contribution in [1.82, 2.24) is 20.6 Å². The van der Waals surface area contributed by atoms with Gasteiger partial charge in [-0.2, -0.15) is 5.10 Å². The molecular weight excluding hydrogens is 435 g/mol. The molecule has 4 aromatic rings. The number of hydrogen-bond acceptors (Lipinski definition) is 3. The molecule has 0 radical (unpaired) electrons. The van der Waals surface area contributed by atoms with E-state index in [1.54, 1.807) is 23.0 Å². The van der Waals surface area contributed by atoms with E-state index in [4.69, 9.17) is 23.2 Å². The predicted octanol–water partition coefficient (Wildman–Crippen LogP) is 4.92. The molecule has 154 valence electrons. The van der Waals surface area contributed by atoms with Crippen LogP contribution in [0.5, 0.6) is 0 Å². The molecule has 0 spiro atoms. The van der Waals surface area contributed by atoms with Crippen molar-refractivity contribution in [3.8, 4) is 16.9 Å². The Morgan fingerprint density at radius 2 is 1.35 bits per heavy atom. The Balaban J connectivity index is 1.62. The zero-order valence-electron chi connectivity index (χ0n) is 16.0. The zero-order valence-corrected chi connectivity index (χ0v) is 17.6. The molecule has 4 rings (SSSR count). The molecule has 8 heteroatoms. The summed E-state index contributed by atoms with van der Waals surface area (Å²) in [7, 11) is 0. The summed E-state index contributed by atoms with van der Waals surface area (Å²) in [6.07, 6.45) is 1.62. The predicted molar refractivity (Wildman–Crippen MR) is 120 cm³/mol. The average molecular weight is 451 g/mol. The maximum Gasteiger partial charge on any atom is 0.273 e. The number of nitrogens with one attached hydrogen (secondary N) is 2. The summed E-state index contributed by atoms with van der Waals surface area (Å²) >= 11 is 12.0. The molecule has 2 N–H and O–H groups in total. The Bertz CT molecular complexity index is 1240. The van der Waals surface area contributed by atoms with Crippen LogP contribution >= 0.6 is 23.2 Å². The minimum absolute atomic E-state index is 0.109. The van der Waals surface area contributed by atoms with Crippen LogP contribution in [0.2, 0.25) is 10.0 Å². The molecule has 0 aliphatic rings. The first-order chi connectivity index (χ1) is 15.0. The van der Waals surface area contributed by atoms with Gasteiger partial charge < -0.3 is 0 Å². The minimum atomic E-state index is -0.586. The standard InChI is InChI=1S/C23H16Cl2N4O2/c24-19-13-7-12-17(20(19)25)22(30)26-27-23(31)18-14-29(16-10-5-2-6-11-16)28-21(18)15-8-3-1-4-9-15/h1-14H,(H,26,30)(H,27,31). The molecule has 2 amide bonds. The Hall–Kier alpha value is -3.61. The smallest absolute Gasteiger partial charge is 0.267 e. The second-order valence-corrected chi connectivity index (χ2v) is 7.33. The molecule has 0 saturated heterocycles. The quantitative estimate of drug-likeness (QED) is 0.433. The number of halogens is 2. The highest BCUT2D eigenvalue weighted by Gasteiger charge is 2.20. The van der Waals surface area contributed by atoms with E-state index in [2.05, 4.69) is 16.0 Å². The monoisotopic (exact) mass is 450 g/mol. The van der Waals surface area contributed by atoms with Crippen LogP contribution in [0.3, 0.4) is 0 Å². The fraction of sp³-hybridized carbons (Fsp3) is 0. The van der Waals surface area contributed by atoms with Crippen molar-refractivity contribution in [3.63, 3.8) is 0 Å². The average Bonchev–Trinajstić information content (AvgIpc) is 3.26. The van der Waals surface area contributed by atoms with Gasteiger partial charge in [0.15, 0.2) is 0 Å². The summed E-state index contributed by atoms with van der Waals surface area (Å²) < 4.78 is 1.62. The van der Waals surface area contributed by atoms with Gasteiger partial charge in [-0.25, -0.2) is 4.68 Å². The van der Waals surface area contributed by atoms with Crippen LogP contribution in [-0.4, -0.2) is 21.6 Å². The highest BCUT2D eigenvalue weighted by molar-refractivity contribution is 6.43. The summed E-state index contributed by atoms with van der Waals surface area (Å²) in [4.78, 5) is 25.4. The lowest BCUT2D eigenvalue weighted by atomic mass is 10.1. The van der Waals surface area contributed by atoms with Gasteiger partial charge in [-0.1, -0.05) is 77.8 Å². The molecule has 0 unspecified atom stereocenters. The molecule has 0 bridgehead atoms. The van der Waals surface area contributed by atoms with Crippen LogP contribution in [0.25, 0.3) is 16.9 Å². The molecule has 0 fully saturated rings. The molecule has 0 aliphatic heterocycles. The summed E-state index contributed by atoms with van der Waals surface area (Å²) in [6, 6.07) is 23.4. The number of para-hydroxylation sites is 1. The molecule has 1 aromatic heterocycles. The molecule has 6 nitrogen and oxygen atoms in total. The van der Waals surface area contributed by atoms with Gasteiger partial charge in [0.2, 0.25) is 0 Å². The lowest BCUT2D eigenvalue weighted by Gasteiger charge is -2.09. The van der Waals surface area contributed by atoms with Gasteiger partial charge in [0.05, 0.1) is 26.9 Å². The van der Waals surface area contributed by atoms with Crippen LogP contribution in [0.4, 0.5) is 0 Å². The molecule has 1 heterocycles. The van der Waals surface area contributed by atoms with Crippen molar-refractivity contribution >= 4 is 35.0 Å². The Kier molecular flexibility index (Phi) is 6.02. The third-order valence-electron chi connectivity index (χ3n) is 4.51. The van der Waals surface area contributed by atoms with Crippen LogP contribution in [0, 0.1) is 0 Å². The number of hydrogen-bond donors (Lipinski definition) is 2. The lowest BCUT2D eigenvalue weighted by molar-refractivity contribution is 0.0847. The Morgan fingerprint density at radius 3 is 2.03 bits per heavy atom. The van der Waals surface area contributed by atoms with Gasteiger partial charge in [-0.05, 0) is 24.3 Å². The summed E-state index contributed by atoms with van der Waals surface area (Å²) in [5.74, 6) is -1.11. The van der Waals surface area contributed by atoms with Gasteiger partial charge >= 0.3 is 0 Å². The topological polar surface area (TPSA) is 76.0 Å². The van der Waals surface area contributed by atoms with Crippen molar-refractivity contribution in [1.29, 1.82) is 0 Å². The number of aromatic nitrogens is 2. The summed E-state index contributed by atoms with van der Waals surface area (Å²) in [5.41, 5.74) is 7.30. The molecular formula is C23H16Cl2N4O2. The summed E-state index contributed by atoms with van der Waals surface area (Å²) in [5, 5.41) is 4.94. The van der Waals surface area contributed by atoms with Crippen molar-refractivity contribution in [2.45, 2.75) is 0 Å². The maximum atomic E-state index is 12.9. The molecule has 0 saturated carbocycles. The van der Waals surface area contributed by atoms with Crippen LogP contribution in [0.1, 0.15) is 20.7 Å². The fourth-order valence-electron chi connectivity index (χ4n) is 2.99. The highest BCUT2D eigenvalue weighted by Crippen LogP contribution is 2.26. The first-order valence-electron chi connectivity index (χ1n) is 9.30. The van der Waals surface area contributed by atoms with Gasteiger partial charge in [0, 0.05) is 11.8 Å². The number of carbonyl (C=O) groups excluding carboxylic acids is 2. The first-order valence-corrected chi connectivity index (χ1v) is 10.1. The maximum absolute atomic E-state index is 12.9. The number of rotatable bonds is 4. The third-order valence-corrected chi connectivity index (χ3v) is 5.33. The SMILES string of the molecule is O=C(NNC(=O)c1cccc(Cl)c1Cl)c1cn(-c2ccccc2)nc1-c1ccccc1. The number of carbonyl (C=O) groups is 2. The molecule has 31 heavy (non-hydrogen) atoms. The number of hydrazine groups is 1. The van der Waals surface area contributed by atoms with Crippen molar-refractivity contribution in [2.75, 3.05) is 0 Å². The molecule has 3 aromatic carbocycles. The van der Waals surface area contributed by atoms with E-state index in [0.29, 0.717) is 11.3 Å². The minimum Gasteiger partial charge on any atom is -0.267 e. The second-order valence-electron chi connectivity index (χ2n) is 6.55. The van der Waals surface area contributed by atoms with Crippen LogP contribution in [-0.2, 0) is 0 Å². The highest BCUT2D eigenvalue weighted by atomic mass is 35.5. The zero-order chi connectivity index (χ0) is 21.8. The molecule has 0 atom stereocenters. The van der Waals surface area contributed by atoms with E-state index in [0.717, 1.165) is 11.3 Å². The van der Waals surface area contributed by atoms with Crippen molar-refractivity contribution < 1.29 is 9.59 Å². The van der Waals surface area contributed by atoms with Crippen LogP contribution < -0.4 is 10.9 Å². The van der Waals surface area contributed by atoms with Gasteiger partial charge in [0.1, 0.15) is 5.69 Å². The number of benzene rings is 3. The van der Waals surface area contributed by atoms with Gasteiger partial charge in [-0.15, -0.1) is 0 Å². The number of nitrogens with zero attached hydrogens (tertiary/aromatic N) is 2. The lowest BCUT2D eigenvalue weighted by Crippen LogP contribution is -2.41. The third kappa shape index (κ3) is 4.45. The molecule has 0 aliphatic carbocycles. The van der Waals surface area contributed by atoms with Crippen molar-refractivity contribution in [3.05, 3.63) is 106 Å². The largest absolute Gasteiger partial charge is 0.273 e. The normalized spacial score (nSPS) is 10.5. The Labute approximate surface area is 188 Å². The number of amides is 2. The van der Waals surface area contributed by atoms with E-state index in [1.807, 2.05) is 60.7 Å². The van der Waals surface area contributed by atoms with E-state index in [1.165, 1.54) is 6.07 Å². The Morgan fingerprint density at radius 1 is 0.742 bits per heavy atom. The van der Waals surface area contributed by atoms with E-state index in [-0.39, 0.29) is 15.6 Å². The van der Waals surface area contributed by atoms with Crippen LogP contribution in [0.15, 0.2) is 85.1 Å². The van der Waals surface area contributed by atoms with E-state index >= 15 is 0 Å². The van der Waals surface area contributed by atoms with Gasteiger partial charge in [0.25, 0.3) is 11.8 Å². The first kappa shape index (κ1) is 20.7. The summed E-state index contributed by atoms with van der Waals surface area (Å²) in [6.45, 7) is 0. The van der Waals surface area contributed by atoms with Gasteiger partial charge in [-0.3, -0.25) is 20.4 Å². The second kappa shape index (κ2) is 9.04. The van der Waals surface area contributed by atoms with Crippen molar-refractivity contribution in [2.24, 2.45) is 0 Å².